The highest BCUT2D eigenvalue weighted by molar-refractivity contribution is 7.12. The lowest BCUT2D eigenvalue weighted by atomic mass is 10.2. The number of carbonyl (C=O) groups is 1. The topological polar surface area (TPSA) is 60.5 Å². The maximum Gasteiger partial charge on any atom is 0.387 e. The number of amides is 1. The van der Waals surface area contributed by atoms with E-state index in [1.165, 1.54) is 41.9 Å². The van der Waals surface area contributed by atoms with Gasteiger partial charge in [0.2, 0.25) is 5.88 Å². The van der Waals surface area contributed by atoms with Gasteiger partial charge >= 0.3 is 6.61 Å². The number of thiophene rings is 1. The van der Waals surface area contributed by atoms with E-state index in [1.807, 2.05) is 0 Å². The van der Waals surface area contributed by atoms with E-state index in [4.69, 9.17) is 4.74 Å². The molecule has 0 aliphatic heterocycles. The summed E-state index contributed by atoms with van der Waals surface area (Å²) >= 11 is 1.00. The van der Waals surface area contributed by atoms with Gasteiger partial charge in [-0.15, -0.1) is 11.3 Å². The molecule has 0 bridgehead atoms. The number of hydrogen-bond acceptors (Lipinski definition) is 5. The van der Waals surface area contributed by atoms with E-state index in [0.717, 1.165) is 11.3 Å². The summed E-state index contributed by atoms with van der Waals surface area (Å²) in [5.41, 5.74) is 0.684. The fourth-order valence-corrected chi connectivity index (χ4v) is 2.89. The summed E-state index contributed by atoms with van der Waals surface area (Å²) < 4.78 is 47.4. The Hall–Kier alpha value is -3.07. The highest BCUT2D eigenvalue weighted by atomic mass is 32.1. The monoisotopic (exact) mass is 394 g/mol. The standard InChI is InChI=1S/C18H13F3N2O3S/c19-12-1-3-13(4-2-12)25-15-9-11(5-7-22-15)10-23-17(24)16-14(6-8-27-16)26-18(20)21/h1-9,18H,10H2,(H,23,24). The minimum absolute atomic E-state index is 0.0622. The van der Waals surface area contributed by atoms with Crippen LogP contribution in [0.25, 0.3) is 0 Å². The second-order valence-electron chi connectivity index (χ2n) is 5.23. The Morgan fingerprint density at radius 3 is 2.70 bits per heavy atom. The zero-order chi connectivity index (χ0) is 19.2. The first kappa shape index (κ1) is 18.7. The first-order valence-corrected chi connectivity index (χ1v) is 8.58. The van der Waals surface area contributed by atoms with Crippen LogP contribution < -0.4 is 14.8 Å². The van der Waals surface area contributed by atoms with E-state index in [9.17, 15) is 18.0 Å². The van der Waals surface area contributed by atoms with Crippen molar-refractivity contribution in [3.63, 3.8) is 0 Å². The molecule has 1 amide bonds. The van der Waals surface area contributed by atoms with Gasteiger partial charge in [-0.3, -0.25) is 4.79 Å². The number of benzene rings is 1. The number of pyridine rings is 1. The number of nitrogens with one attached hydrogen (secondary N) is 1. The van der Waals surface area contributed by atoms with Crippen LogP contribution >= 0.6 is 11.3 Å². The quantitative estimate of drug-likeness (QED) is 0.636. The molecule has 5 nitrogen and oxygen atoms in total. The molecule has 0 aliphatic carbocycles. The Bertz CT molecular complexity index is 916. The molecule has 27 heavy (non-hydrogen) atoms. The summed E-state index contributed by atoms with van der Waals surface area (Å²) in [7, 11) is 0. The van der Waals surface area contributed by atoms with Gasteiger partial charge in [0, 0.05) is 18.8 Å². The van der Waals surface area contributed by atoms with E-state index in [0.29, 0.717) is 11.3 Å². The smallest absolute Gasteiger partial charge is 0.387 e. The maximum atomic E-state index is 12.9. The average molecular weight is 394 g/mol. The van der Waals surface area contributed by atoms with Gasteiger partial charge in [0.05, 0.1) is 0 Å². The number of nitrogens with zero attached hydrogens (tertiary/aromatic N) is 1. The molecule has 2 aromatic heterocycles. The summed E-state index contributed by atoms with van der Waals surface area (Å²) in [6.45, 7) is -2.87. The molecule has 1 aromatic carbocycles. The van der Waals surface area contributed by atoms with Crippen LogP contribution in [-0.4, -0.2) is 17.5 Å². The average Bonchev–Trinajstić information content (AvgIpc) is 3.09. The highest BCUT2D eigenvalue weighted by Gasteiger charge is 2.17. The third-order valence-corrected chi connectivity index (χ3v) is 4.23. The molecule has 1 N–H and O–H groups in total. The largest absolute Gasteiger partial charge is 0.439 e. The summed E-state index contributed by atoms with van der Waals surface area (Å²) in [4.78, 5) is 16.3. The maximum absolute atomic E-state index is 12.9. The molecule has 3 rings (SSSR count). The van der Waals surface area contributed by atoms with Crippen molar-refractivity contribution in [3.8, 4) is 17.4 Å². The highest BCUT2D eigenvalue weighted by Crippen LogP contribution is 2.26. The number of aromatic nitrogens is 1. The van der Waals surface area contributed by atoms with Gasteiger partial charge in [0.1, 0.15) is 22.2 Å². The number of rotatable bonds is 7. The zero-order valence-electron chi connectivity index (χ0n) is 13.7. The first-order valence-electron chi connectivity index (χ1n) is 7.70. The van der Waals surface area contributed by atoms with Crippen LogP contribution in [0.2, 0.25) is 0 Å². The van der Waals surface area contributed by atoms with Crippen LogP contribution in [0.1, 0.15) is 15.2 Å². The molecule has 0 saturated carbocycles. The van der Waals surface area contributed by atoms with Crippen molar-refractivity contribution in [2.45, 2.75) is 13.2 Å². The van der Waals surface area contributed by atoms with Gasteiger partial charge in [-0.2, -0.15) is 8.78 Å². The Morgan fingerprint density at radius 2 is 1.96 bits per heavy atom. The molecular weight excluding hydrogens is 381 g/mol. The lowest BCUT2D eigenvalue weighted by Crippen LogP contribution is -2.22. The van der Waals surface area contributed by atoms with Crippen LogP contribution in [-0.2, 0) is 6.54 Å². The predicted molar refractivity (Wildman–Crippen MR) is 92.8 cm³/mol. The van der Waals surface area contributed by atoms with Crippen molar-refractivity contribution >= 4 is 17.2 Å². The van der Waals surface area contributed by atoms with Crippen molar-refractivity contribution < 1.29 is 27.4 Å². The van der Waals surface area contributed by atoms with Gasteiger partial charge in [-0.05, 0) is 47.3 Å². The van der Waals surface area contributed by atoms with Crippen LogP contribution in [0.4, 0.5) is 13.2 Å². The molecule has 3 aromatic rings. The normalized spacial score (nSPS) is 10.7. The van der Waals surface area contributed by atoms with Gasteiger partial charge in [-0.25, -0.2) is 9.37 Å². The summed E-state index contributed by atoms with van der Waals surface area (Å²) in [5.74, 6) is -0.389. The van der Waals surface area contributed by atoms with Gasteiger partial charge in [0.25, 0.3) is 5.91 Å². The van der Waals surface area contributed by atoms with Gasteiger partial charge < -0.3 is 14.8 Å². The second-order valence-corrected chi connectivity index (χ2v) is 6.15. The Labute approximate surface area is 156 Å². The van der Waals surface area contributed by atoms with Crippen LogP contribution in [0.5, 0.6) is 17.4 Å². The predicted octanol–water partition coefficient (Wildman–Crippen LogP) is 4.61. The van der Waals surface area contributed by atoms with Gasteiger partial charge in [-0.1, -0.05) is 0 Å². The van der Waals surface area contributed by atoms with Crippen molar-refractivity contribution in [2.24, 2.45) is 0 Å². The van der Waals surface area contributed by atoms with Crippen LogP contribution in [0.3, 0.4) is 0 Å². The van der Waals surface area contributed by atoms with Gasteiger partial charge in [0.15, 0.2) is 0 Å². The molecule has 140 valence electrons. The van der Waals surface area contributed by atoms with E-state index < -0.39 is 12.5 Å². The summed E-state index contributed by atoms with van der Waals surface area (Å²) in [6, 6.07) is 10.0. The summed E-state index contributed by atoms with van der Waals surface area (Å²) in [6.07, 6.45) is 1.50. The minimum Gasteiger partial charge on any atom is -0.439 e. The van der Waals surface area contributed by atoms with Crippen molar-refractivity contribution in [1.29, 1.82) is 0 Å². The number of halogens is 3. The fraction of sp³-hybridized carbons (Fsp3) is 0.111. The van der Waals surface area contributed by atoms with Crippen LogP contribution in [0, 0.1) is 5.82 Å². The Kier molecular flexibility index (Phi) is 5.92. The van der Waals surface area contributed by atoms with E-state index in [1.54, 1.807) is 12.1 Å². The molecule has 0 aliphatic rings. The molecule has 0 fully saturated rings. The zero-order valence-corrected chi connectivity index (χ0v) is 14.5. The van der Waals surface area contributed by atoms with E-state index in [2.05, 4.69) is 15.0 Å². The number of ether oxygens (including phenoxy) is 2. The molecule has 0 radical (unpaired) electrons. The Morgan fingerprint density at radius 1 is 1.19 bits per heavy atom. The molecule has 2 heterocycles. The van der Waals surface area contributed by atoms with Crippen molar-refractivity contribution in [1.82, 2.24) is 10.3 Å². The molecular formula is C18H13F3N2O3S. The fourth-order valence-electron chi connectivity index (χ4n) is 2.15. The lowest BCUT2D eigenvalue weighted by molar-refractivity contribution is -0.0498. The number of hydrogen-bond donors (Lipinski definition) is 1. The minimum atomic E-state index is -3.00. The SMILES string of the molecule is O=C(NCc1ccnc(Oc2ccc(F)cc2)c1)c1sccc1OC(F)F. The molecule has 9 heteroatoms. The van der Waals surface area contributed by atoms with Crippen LogP contribution in [0.15, 0.2) is 54.0 Å². The number of alkyl halides is 2. The Balaban J connectivity index is 1.62. The lowest BCUT2D eigenvalue weighted by Gasteiger charge is -2.09. The summed E-state index contributed by atoms with van der Waals surface area (Å²) in [5, 5.41) is 4.12. The van der Waals surface area contributed by atoms with Crippen molar-refractivity contribution in [2.75, 3.05) is 0 Å². The molecule has 0 saturated heterocycles. The first-order chi connectivity index (χ1) is 13.0. The van der Waals surface area contributed by atoms with E-state index >= 15 is 0 Å². The van der Waals surface area contributed by atoms with Crippen molar-refractivity contribution in [3.05, 3.63) is 70.3 Å². The number of carbonyl (C=O) groups excluding carboxylic acids is 1. The molecule has 0 atom stereocenters. The van der Waals surface area contributed by atoms with E-state index in [-0.39, 0.29) is 28.9 Å². The third-order valence-electron chi connectivity index (χ3n) is 3.34. The third kappa shape index (κ3) is 5.20. The second kappa shape index (κ2) is 8.54. The molecule has 0 spiro atoms. The molecule has 0 unspecified atom stereocenters.